The van der Waals surface area contributed by atoms with Crippen molar-refractivity contribution in [1.82, 2.24) is 30.3 Å². The van der Waals surface area contributed by atoms with Gasteiger partial charge in [0, 0.05) is 31.6 Å². The summed E-state index contributed by atoms with van der Waals surface area (Å²) in [4.78, 5) is 25.9. The monoisotopic (exact) mass is 470 g/mol. The second kappa shape index (κ2) is 9.69. The summed E-state index contributed by atoms with van der Waals surface area (Å²) >= 11 is 0. The average molecular weight is 471 g/mol. The number of hydrogen-bond acceptors (Lipinski definition) is 7. The van der Waals surface area contributed by atoms with Crippen LogP contribution in [0.2, 0.25) is 0 Å². The first-order valence-corrected chi connectivity index (χ1v) is 12.0. The molecule has 9 heteroatoms. The van der Waals surface area contributed by atoms with E-state index in [4.69, 9.17) is 9.97 Å². The SMILES string of the molecule is Cc1nn(-c2ccccc2)nc1C(=O)N[C@H]1CC[C@@H](Nc2nc(N(C)C)c3ccccc3n2)CC1. The number of nitrogens with zero attached hydrogens (tertiary/aromatic N) is 6. The number of anilines is 2. The van der Waals surface area contributed by atoms with Gasteiger partial charge in [0.25, 0.3) is 5.91 Å². The van der Waals surface area contributed by atoms with E-state index in [0.717, 1.165) is 48.1 Å². The molecule has 0 saturated heterocycles. The Balaban J connectivity index is 1.20. The van der Waals surface area contributed by atoms with Crippen molar-refractivity contribution in [3.05, 3.63) is 66.0 Å². The van der Waals surface area contributed by atoms with Crippen LogP contribution in [0.5, 0.6) is 0 Å². The maximum absolute atomic E-state index is 12.9. The molecule has 0 atom stereocenters. The van der Waals surface area contributed by atoms with E-state index < -0.39 is 0 Å². The summed E-state index contributed by atoms with van der Waals surface area (Å²) in [5.41, 5.74) is 2.74. The zero-order valence-corrected chi connectivity index (χ0v) is 20.3. The molecule has 1 saturated carbocycles. The standard InChI is InChI=1S/C26H30N8O/c1-17-23(32-34(31-17)20-9-5-4-6-10-20)25(35)27-18-13-15-19(16-14-18)28-26-29-22-12-8-7-11-21(22)24(30-26)33(2)3/h4-12,18-19H,13-16H2,1-3H3,(H,27,35)(H,28,29,30)/t18-,19+. The van der Waals surface area contributed by atoms with Gasteiger partial charge in [0.15, 0.2) is 5.69 Å². The molecule has 1 aliphatic rings. The number of amides is 1. The van der Waals surface area contributed by atoms with Crippen molar-refractivity contribution in [3.63, 3.8) is 0 Å². The molecule has 2 heterocycles. The molecule has 180 valence electrons. The molecule has 0 unspecified atom stereocenters. The highest BCUT2D eigenvalue weighted by Crippen LogP contribution is 2.26. The Bertz CT molecular complexity index is 1330. The molecule has 1 fully saturated rings. The fourth-order valence-corrected chi connectivity index (χ4v) is 4.55. The van der Waals surface area contributed by atoms with E-state index in [1.165, 1.54) is 4.80 Å². The molecule has 5 rings (SSSR count). The fraction of sp³-hybridized carbons (Fsp3) is 0.346. The van der Waals surface area contributed by atoms with Gasteiger partial charge in [0.2, 0.25) is 5.95 Å². The number of aromatic nitrogens is 5. The Morgan fingerprint density at radius 2 is 1.60 bits per heavy atom. The van der Waals surface area contributed by atoms with Crippen LogP contribution in [0, 0.1) is 6.92 Å². The Hall–Kier alpha value is -4.01. The molecule has 2 aromatic heterocycles. The third-order valence-electron chi connectivity index (χ3n) is 6.39. The summed E-state index contributed by atoms with van der Waals surface area (Å²) in [5, 5.41) is 16.5. The molecule has 9 nitrogen and oxygen atoms in total. The minimum atomic E-state index is -0.172. The minimum Gasteiger partial charge on any atom is -0.362 e. The quantitative estimate of drug-likeness (QED) is 0.443. The zero-order valence-electron chi connectivity index (χ0n) is 20.3. The van der Waals surface area contributed by atoms with Crippen molar-refractivity contribution in [3.8, 4) is 5.69 Å². The topological polar surface area (TPSA) is 101 Å². The van der Waals surface area contributed by atoms with Gasteiger partial charge in [-0.05, 0) is 56.9 Å². The third kappa shape index (κ3) is 4.94. The highest BCUT2D eigenvalue weighted by molar-refractivity contribution is 5.93. The van der Waals surface area contributed by atoms with E-state index in [1.807, 2.05) is 80.5 Å². The summed E-state index contributed by atoms with van der Waals surface area (Å²) in [5.74, 6) is 1.38. The predicted molar refractivity (Wildman–Crippen MR) is 137 cm³/mol. The molecule has 0 aliphatic heterocycles. The first kappa shape index (κ1) is 22.8. The number of nitrogens with one attached hydrogen (secondary N) is 2. The Kier molecular flexibility index (Phi) is 6.31. The highest BCUT2D eigenvalue weighted by Gasteiger charge is 2.25. The average Bonchev–Trinajstić information content (AvgIpc) is 3.27. The van der Waals surface area contributed by atoms with Crippen LogP contribution in [0.3, 0.4) is 0 Å². The summed E-state index contributed by atoms with van der Waals surface area (Å²) in [6.45, 7) is 1.81. The number of fused-ring (bicyclic) bond motifs is 1. The maximum atomic E-state index is 12.9. The Labute approximate surface area is 204 Å². The summed E-state index contributed by atoms with van der Waals surface area (Å²) < 4.78 is 0. The molecule has 0 radical (unpaired) electrons. The van der Waals surface area contributed by atoms with E-state index in [0.29, 0.717) is 17.3 Å². The van der Waals surface area contributed by atoms with Crippen LogP contribution in [0.4, 0.5) is 11.8 Å². The van der Waals surface area contributed by atoms with Crippen molar-refractivity contribution >= 4 is 28.6 Å². The van der Waals surface area contributed by atoms with Gasteiger partial charge in [-0.15, -0.1) is 5.10 Å². The molecule has 2 aromatic carbocycles. The molecule has 2 N–H and O–H groups in total. The second-order valence-corrected chi connectivity index (χ2v) is 9.21. The molecular formula is C26H30N8O. The van der Waals surface area contributed by atoms with Crippen LogP contribution in [-0.2, 0) is 0 Å². The number of hydrogen-bond donors (Lipinski definition) is 2. The lowest BCUT2D eigenvalue weighted by Crippen LogP contribution is -2.40. The largest absolute Gasteiger partial charge is 0.362 e. The van der Waals surface area contributed by atoms with E-state index in [2.05, 4.69) is 20.8 Å². The van der Waals surface area contributed by atoms with Crippen LogP contribution in [0.25, 0.3) is 16.6 Å². The lowest BCUT2D eigenvalue weighted by Gasteiger charge is -2.29. The lowest BCUT2D eigenvalue weighted by molar-refractivity contribution is 0.0920. The number of para-hydroxylation sites is 2. The predicted octanol–water partition coefficient (Wildman–Crippen LogP) is 3.74. The van der Waals surface area contributed by atoms with Crippen molar-refractivity contribution < 1.29 is 4.79 Å². The number of carbonyl (C=O) groups is 1. The number of carbonyl (C=O) groups excluding carboxylic acids is 1. The van der Waals surface area contributed by atoms with Crippen molar-refractivity contribution in [1.29, 1.82) is 0 Å². The normalized spacial score (nSPS) is 17.8. The van der Waals surface area contributed by atoms with Crippen molar-refractivity contribution in [2.75, 3.05) is 24.3 Å². The van der Waals surface area contributed by atoms with Gasteiger partial charge in [0.1, 0.15) is 5.82 Å². The van der Waals surface area contributed by atoms with Crippen LogP contribution in [0.1, 0.15) is 41.9 Å². The maximum Gasteiger partial charge on any atom is 0.273 e. The summed E-state index contributed by atoms with van der Waals surface area (Å²) in [7, 11) is 3.99. The van der Waals surface area contributed by atoms with E-state index >= 15 is 0 Å². The number of benzene rings is 2. The van der Waals surface area contributed by atoms with E-state index in [1.54, 1.807) is 0 Å². The molecule has 35 heavy (non-hydrogen) atoms. The fourth-order valence-electron chi connectivity index (χ4n) is 4.55. The Morgan fingerprint density at radius 3 is 2.34 bits per heavy atom. The third-order valence-corrected chi connectivity index (χ3v) is 6.39. The Morgan fingerprint density at radius 1 is 0.914 bits per heavy atom. The van der Waals surface area contributed by atoms with E-state index in [-0.39, 0.29) is 18.0 Å². The molecule has 1 aliphatic carbocycles. The second-order valence-electron chi connectivity index (χ2n) is 9.21. The zero-order chi connectivity index (χ0) is 24.4. The van der Waals surface area contributed by atoms with Gasteiger partial charge in [-0.25, -0.2) is 4.98 Å². The van der Waals surface area contributed by atoms with E-state index in [9.17, 15) is 4.79 Å². The van der Waals surface area contributed by atoms with Gasteiger partial charge < -0.3 is 15.5 Å². The summed E-state index contributed by atoms with van der Waals surface area (Å²) in [6, 6.07) is 18.0. The first-order valence-electron chi connectivity index (χ1n) is 12.0. The molecular weight excluding hydrogens is 440 g/mol. The summed E-state index contributed by atoms with van der Waals surface area (Å²) in [6.07, 6.45) is 3.61. The first-order chi connectivity index (χ1) is 17.0. The molecule has 0 bridgehead atoms. The van der Waals surface area contributed by atoms with Gasteiger partial charge in [-0.3, -0.25) is 4.79 Å². The minimum absolute atomic E-state index is 0.108. The van der Waals surface area contributed by atoms with Gasteiger partial charge in [-0.1, -0.05) is 30.3 Å². The molecule has 4 aromatic rings. The number of aryl methyl sites for hydroxylation is 1. The molecule has 1 amide bonds. The lowest BCUT2D eigenvalue weighted by atomic mass is 9.91. The smallest absolute Gasteiger partial charge is 0.273 e. The number of rotatable bonds is 6. The van der Waals surface area contributed by atoms with Crippen LogP contribution >= 0.6 is 0 Å². The van der Waals surface area contributed by atoms with Gasteiger partial charge in [-0.2, -0.15) is 14.9 Å². The van der Waals surface area contributed by atoms with Crippen LogP contribution in [0.15, 0.2) is 54.6 Å². The van der Waals surface area contributed by atoms with Gasteiger partial charge >= 0.3 is 0 Å². The van der Waals surface area contributed by atoms with Crippen molar-refractivity contribution in [2.24, 2.45) is 0 Å². The van der Waals surface area contributed by atoms with Gasteiger partial charge in [0.05, 0.1) is 16.9 Å². The molecule has 0 spiro atoms. The van der Waals surface area contributed by atoms with Crippen LogP contribution < -0.4 is 15.5 Å². The van der Waals surface area contributed by atoms with Crippen molar-refractivity contribution in [2.45, 2.75) is 44.7 Å². The highest BCUT2D eigenvalue weighted by atomic mass is 16.2. The van der Waals surface area contributed by atoms with Crippen LogP contribution in [-0.4, -0.2) is 57.0 Å².